The fraction of sp³-hybridized carbons (Fsp3) is 0.600. The molecule has 0 aromatic rings. The number of halogens is 4. The maximum atomic E-state index is 6.39. The molecule has 0 spiro atoms. The van der Waals surface area contributed by atoms with E-state index >= 15 is 0 Å². The van der Waals surface area contributed by atoms with Crippen molar-refractivity contribution in [1.29, 1.82) is 0 Å². The van der Waals surface area contributed by atoms with Crippen molar-refractivity contribution in [1.82, 2.24) is 0 Å². The number of hydrogen-bond acceptors (Lipinski definition) is 1. The van der Waals surface area contributed by atoms with Crippen molar-refractivity contribution in [3.05, 3.63) is 21.8 Å². The van der Waals surface area contributed by atoms with Crippen LogP contribution in [0.3, 0.4) is 0 Å². The first kappa shape index (κ1) is 20.5. The molecule has 2 radical (unpaired) electrons. The van der Waals surface area contributed by atoms with Gasteiger partial charge in [-0.3, -0.25) is 0 Å². The first-order chi connectivity index (χ1) is 8.36. The molecule has 0 unspecified atom stereocenters. The minimum absolute atomic E-state index is 1.05. The van der Waals surface area contributed by atoms with Crippen LogP contribution < -0.4 is 0 Å². The monoisotopic (exact) mass is 408 g/mol. The first-order valence-corrected chi connectivity index (χ1v) is 18.8. The van der Waals surface area contributed by atoms with E-state index in [4.69, 9.17) is 48.4 Å². The Kier molecular flexibility index (Phi) is 8.83. The number of hydrogen-bond donors (Lipinski definition) is 0. The predicted molar refractivity (Wildman–Crippen MR) is 98.5 cm³/mol. The maximum absolute atomic E-state index is 6.39. The second kappa shape index (κ2) is 8.19. The van der Waals surface area contributed by atoms with E-state index in [1.165, 1.54) is 0 Å². The molecule has 0 bridgehead atoms. The third-order valence-corrected chi connectivity index (χ3v) is 14.4. The van der Waals surface area contributed by atoms with E-state index in [1.807, 2.05) is 13.8 Å². The molecule has 0 aliphatic rings. The summed E-state index contributed by atoms with van der Waals surface area (Å²) in [5.74, 6) is 0. The van der Waals surface area contributed by atoms with Gasteiger partial charge >= 0.3 is 14.8 Å². The molecule has 0 amide bonds. The van der Waals surface area contributed by atoms with Gasteiger partial charge in [0.05, 0.1) is 0 Å². The highest BCUT2D eigenvalue weighted by atomic mass is 35.7. The largest absolute Gasteiger partial charge is 0.449 e. The van der Waals surface area contributed by atoms with E-state index < -0.39 is 31.5 Å². The number of rotatable bonds is 6. The van der Waals surface area contributed by atoms with Gasteiger partial charge in [0.1, 0.15) is 0 Å². The minimum atomic E-state index is -1.93. The molecule has 0 aromatic heterocycles. The Morgan fingerprint density at radius 1 is 0.789 bits per heavy atom. The van der Waals surface area contributed by atoms with Gasteiger partial charge in [-0.15, -0.1) is 44.3 Å². The van der Waals surface area contributed by atoms with E-state index in [0.29, 0.717) is 0 Å². The molecule has 1 nitrogen and oxygen atoms in total. The maximum Gasteiger partial charge on any atom is 0.302 e. The summed E-state index contributed by atoms with van der Waals surface area (Å²) < 4.78 is 6.39. The highest BCUT2D eigenvalue weighted by Gasteiger charge is 2.31. The Morgan fingerprint density at radius 3 is 1.26 bits per heavy atom. The van der Waals surface area contributed by atoms with Crippen LogP contribution in [0.15, 0.2) is 21.8 Å². The molecular formula is C10H20Cl4OSi4. The van der Waals surface area contributed by atoms with Crippen molar-refractivity contribution in [3.8, 4) is 0 Å². The average Bonchev–Trinajstić information content (AvgIpc) is 2.13. The molecule has 0 aromatic carbocycles. The second-order valence-corrected chi connectivity index (χ2v) is 21.6. The highest BCUT2D eigenvalue weighted by molar-refractivity contribution is 7.37. The summed E-state index contributed by atoms with van der Waals surface area (Å²) in [6.07, 6.45) is 0. The Morgan fingerprint density at radius 2 is 1.05 bits per heavy atom. The normalized spacial score (nSPS) is 15.6. The van der Waals surface area contributed by atoms with Crippen molar-refractivity contribution < 1.29 is 4.12 Å². The van der Waals surface area contributed by atoms with Crippen molar-refractivity contribution in [2.45, 2.75) is 40.0 Å². The van der Waals surface area contributed by atoms with Crippen LogP contribution in [0.25, 0.3) is 0 Å². The van der Waals surface area contributed by atoms with Crippen molar-refractivity contribution >= 4 is 75.8 Å². The summed E-state index contributed by atoms with van der Waals surface area (Å²) in [6.45, 7) is 12.6. The van der Waals surface area contributed by atoms with Gasteiger partial charge in [-0.25, -0.2) is 0 Å². The SMILES string of the molecule is CC(=C[Si](C)(C)O[Si](C)(C)C=C(C)[Si](Cl)Cl)[Si](Cl)Cl. The summed E-state index contributed by atoms with van der Waals surface area (Å²) in [5, 5.41) is 2.10. The zero-order chi connectivity index (χ0) is 15.4. The van der Waals surface area contributed by atoms with Crippen LogP contribution >= 0.6 is 44.3 Å². The first-order valence-electron chi connectivity index (χ1n) is 5.82. The Balaban J connectivity index is 5.01. The van der Waals surface area contributed by atoms with Gasteiger partial charge in [-0.05, 0) is 40.0 Å². The predicted octanol–water partition coefficient (Wildman–Crippen LogP) is 5.39. The lowest BCUT2D eigenvalue weighted by atomic mass is 10.7. The summed E-state index contributed by atoms with van der Waals surface area (Å²) in [6, 6.07) is 0. The molecule has 9 heteroatoms. The summed E-state index contributed by atoms with van der Waals surface area (Å²) >= 11 is 23.9. The molecule has 0 rings (SSSR count). The van der Waals surface area contributed by atoms with Crippen LogP contribution in [0.2, 0.25) is 26.2 Å². The lowest BCUT2D eigenvalue weighted by Crippen LogP contribution is -2.43. The van der Waals surface area contributed by atoms with E-state index in [2.05, 4.69) is 37.6 Å². The van der Waals surface area contributed by atoms with Crippen LogP contribution in [-0.2, 0) is 4.12 Å². The average molecular weight is 410 g/mol. The van der Waals surface area contributed by atoms with E-state index in [1.54, 1.807) is 0 Å². The van der Waals surface area contributed by atoms with Gasteiger partial charge in [0.2, 0.25) is 0 Å². The van der Waals surface area contributed by atoms with Crippen LogP contribution in [0.1, 0.15) is 13.8 Å². The van der Waals surface area contributed by atoms with E-state index in [0.717, 1.165) is 10.4 Å². The Bertz CT molecular complexity index is 333. The fourth-order valence-corrected chi connectivity index (χ4v) is 14.8. The summed E-state index contributed by atoms with van der Waals surface area (Å²) in [4.78, 5) is 0. The zero-order valence-electron chi connectivity index (χ0n) is 12.1. The van der Waals surface area contributed by atoms with Gasteiger partial charge in [0.25, 0.3) is 0 Å². The molecule has 0 atom stereocenters. The van der Waals surface area contributed by atoms with Crippen LogP contribution in [0, 0.1) is 0 Å². The lowest BCUT2D eigenvalue weighted by molar-refractivity contribution is 0.570. The Labute approximate surface area is 141 Å². The molecular weight excluding hydrogens is 390 g/mol. The summed E-state index contributed by atoms with van der Waals surface area (Å²) in [7, 11) is -6.68. The van der Waals surface area contributed by atoms with E-state index in [9.17, 15) is 0 Å². The van der Waals surface area contributed by atoms with Crippen molar-refractivity contribution in [2.75, 3.05) is 0 Å². The van der Waals surface area contributed by atoms with Crippen molar-refractivity contribution in [3.63, 3.8) is 0 Å². The molecule has 0 heterocycles. The molecule has 0 fully saturated rings. The fourth-order valence-electron chi connectivity index (χ4n) is 1.89. The molecule has 19 heavy (non-hydrogen) atoms. The lowest BCUT2D eigenvalue weighted by Gasteiger charge is -2.31. The summed E-state index contributed by atoms with van der Waals surface area (Å²) in [5.41, 5.74) is 4.29. The van der Waals surface area contributed by atoms with Crippen LogP contribution in [0.5, 0.6) is 0 Å². The molecule has 110 valence electrons. The van der Waals surface area contributed by atoms with Gasteiger partial charge in [-0.2, -0.15) is 0 Å². The van der Waals surface area contributed by atoms with Crippen molar-refractivity contribution in [2.24, 2.45) is 0 Å². The third kappa shape index (κ3) is 9.16. The Hall–Kier alpha value is 1.47. The molecule has 0 saturated heterocycles. The topological polar surface area (TPSA) is 9.23 Å². The molecule has 0 saturated carbocycles. The molecule has 0 aliphatic carbocycles. The smallest absolute Gasteiger partial charge is 0.302 e. The van der Waals surface area contributed by atoms with Gasteiger partial charge in [0.15, 0.2) is 16.6 Å². The number of allylic oxidation sites excluding steroid dienone is 2. The zero-order valence-corrected chi connectivity index (χ0v) is 19.1. The standard InChI is InChI=1S/C10H20Cl4OSi4/c1-9(16(11)12)7-18(3,4)15-19(5,6)8-10(2)17(13)14/h7-8H,1-6H3. The van der Waals surface area contributed by atoms with Gasteiger partial charge in [0, 0.05) is 0 Å². The quantitative estimate of drug-likeness (QED) is 0.421. The van der Waals surface area contributed by atoms with Gasteiger partial charge < -0.3 is 4.12 Å². The second-order valence-electron chi connectivity index (χ2n) is 5.48. The van der Waals surface area contributed by atoms with E-state index in [-0.39, 0.29) is 0 Å². The van der Waals surface area contributed by atoms with Crippen LogP contribution in [-0.4, -0.2) is 31.5 Å². The van der Waals surface area contributed by atoms with Crippen LogP contribution in [0.4, 0.5) is 0 Å². The van der Waals surface area contributed by atoms with Gasteiger partial charge in [-0.1, -0.05) is 21.8 Å². The third-order valence-electron chi connectivity index (χ3n) is 2.25. The molecule has 0 N–H and O–H groups in total. The minimum Gasteiger partial charge on any atom is -0.449 e. The highest BCUT2D eigenvalue weighted by Crippen LogP contribution is 2.22. The molecule has 0 aliphatic heterocycles.